The summed E-state index contributed by atoms with van der Waals surface area (Å²) < 4.78 is 5.54. The summed E-state index contributed by atoms with van der Waals surface area (Å²) in [5.74, 6) is 1.79. The number of hydrogen-bond acceptors (Lipinski definition) is 4. The molecule has 1 aromatic heterocycles. The van der Waals surface area contributed by atoms with E-state index in [1.165, 1.54) is 18.4 Å². The first-order chi connectivity index (χ1) is 11.2. The Morgan fingerprint density at radius 3 is 2.58 bits per heavy atom. The van der Waals surface area contributed by atoms with Crippen LogP contribution in [0.4, 0.5) is 0 Å². The van der Waals surface area contributed by atoms with Gasteiger partial charge in [-0.2, -0.15) is 0 Å². The molecule has 1 saturated heterocycles. The molecule has 3 rings (SSSR count). The molecule has 0 radical (unpaired) electrons. The number of benzene rings is 1. The first kappa shape index (κ1) is 19.0. The van der Waals surface area contributed by atoms with E-state index in [0.717, 1.165) is 55.7 Å². The van der Waals surface area contributed by atoms with Crippen molar-refractivity contribution in [1.82, 2.24) is 15.4 Å². The zero-order chi connectivity index (χ0) is 16.1. The third-order valence-corrected chi connectivity index (χ3v) is 4.68. The highest BCUT2D eigenvalue weighted by atomic mass is 35.5. The summed E-state index contributed by atoms with van der Waals surface area (Å²) >= 11 is 0. The maximum Gasteiger partial charge on any atom is 0.151 e. The van der Waals surface area contributed by atoms with E-state index >= 15 is 0 Å². The van der Waals surface area contributed by atoms with Crippen molar-refractivity contribution in [3.63, 3.8) is 0 Å². The zero-order valence-electron chi connectivity index (χ0n) is 14.6. The lowest BCUT2D eigenvalue weighted by atomic mass is 9.96. The minimum Gasteiger partial charge on any atom is -0.359 e. The van der Waals surface area contributed by atoms with Crippen LogP contribution in [-0.4, -0.2) is 36.2 Å². The van der Waals surface area contributed by atoms with Crippen LogP contribution >= 0.6 is 12.4 Å². The molecule has 2 aromatic rings. The number of piperidine rings is 1. The molecule has 24 heavy (non-hydrogen) atoms. The molecule has 0 saturated carbocycles. The molecule has 0 atom stereocenters. The van der Waals surface area contributed by atoms with Crippen LogP contribution in [-0.2, 0) is 6.54 Å². The molecule has 1 aromatic carbocycles. The predicted molar refractivity (Wildman–Crippen MR) is 100 cm³/mol. The second-order valence-electron chi connectivity index (χ2n) is 6.57. The highest BCUT2D eigenvalue weighted by Gasteiger charge is 2.20. The van der Waals surface area contributed by atoms with Crippen molar-refractivity contribution in [2.45, 2.75) is 33.2 Å². The Balaban J connectivity index is 0.00000208. The van der Waals surface area contributed by atoms with Gasteiger partial charge in [-0.3, -0.25) is 4.90 Å². The van der Waals surface area contributed by atoms with E-state index in [1.807, 2.05) is 0 Å². The van der Waals surface area contributed by atoms with Crippen molar-refractivity contribution < 1.29 is 4.52 Å². The fourth-order valence-electron chi connectivity index (χ4n) is 3.17. The second kappa shape index (κ2) is 9.21. The minimum absolute atomic E-state index is 0. The smallest absolute Gasteiger partial charge is 0.151 e. The van der Waals surface area contributed by atoms with Gasteiger partial charge in [0.05, 0.1) is 6.54 Å². The van der Waals surface area contributed by atoms with Crippen LogP contribution in [0.2, 0.25) is 0 Å². The molecule has 0 aliphatic carbocycles. The molecule has 0 spiro atoms. The largest absolute Gasteiger partial charge is 0.359 e. The van der Waals surface area contributed by atoms with Crippen LogP contribution in [0.3, 0.4) is 0 Å². The van der Waals surface area contributed by atoms with Gasteiger partial charge in [0.1, 0.15) is 5.69 Å². The quantitative estimate of drug-likeness (QED) is 0.858. The Morgan fingerprint density at radius 1 is 1.21 bits per heavy atom. The number of nitrogens with one attached hydrogen (secondary N) is 1. The molecule has 1 aliphatic heterocycles. The van der Waals surface area contributed by atoms with Crippen LogP contribution in [0.25, 0.3) is 11.3 Å². The van der Waals surface area contributed by atoms with Gasteiger partial charge < -0.3 is 9.84 Å². The van der Waals surface area contributed by atoms with E-state index in [0.29, 0.717) is 0 Å². The fourth-order valence-corrected chi connectivity index (χ4v) is 3.17. The standard InChI is InChI=1S/C19H27N3O.ClH/c1-3-20-13-16-8-10-22(11-9-16)14-18-12-19(21-23-18)17-6-4-15(2)5-7-17;/h4-7,12,16,20H,3,8-11,13-14H2,1-2H3;1H. The summed E-state index contributed by atoms with van der Waals surface area (Å²) in [4.78, 5) is 2.47. The second-order valence-corrected chi connectivity index (χ2v) is 6.57. The summed E-state index contributed by atoms with van der Waals surface area (Å²) in [7, 11) is 0. The van der Waals surface area contributed by atoms with Gasteiger partial charge in [-0.1, -0.05) is 41.9 Å². The molecule has 0 amide bonds. The van der Waals surface area contributed by atoms with Crippen LogP contribution in [0.15, 0.2) is 34.9 Å². The van der Waals surface area contributed by atoms with Gasteiger partial charge >= 0.3 is 0 Å². The van der Waals surface area contributed by atoms with E-state index < -0.39 is 0 Å². The maximum atomic E-state index is 5.54. The minimum atomic E-state index is 0. The van der Waals surface area contributed by atoms with Crippen LogP contribution < -0.4 is 5.32 Å². The number of aryl methyl sites for hydroxylation is 1. The van der Waals surface area contributed by atoms with Crippen LogP contribution in [0.1, 0.15) is 31.1 Å². The fraction of sp³-hybridized carbons (Fsp3) is 0.526. The van der Waals surface area contributed by atoms with Crippen LogP contribution in [0, 0.1) is 12.8 Å². The van der Waals surface area contributed by atoms with Gasteiger partial charge in [0.15, 0.2) is 5.76 Å². The van der Waals surface area contributed by atoms with E-state index in [2.05, 4.69) is 59.6 Å². The highest BCUT2D eigenvalue weighted by Crippen LogP contribution is 2.22. The number of rotatable bonds is 6. The normalized spacial score (nSPS) is 16.1. The predicted octanol–water partition coefficient (Wildman–Crippen LogP) is 3.89. The lowest BCUT2D eigenvalue weighted by molar-refractivity contribution is 0.160. The van der Waals surface area contributed by atoms with Gasteiger partial charge in [0, 0.05) is 11.6 Å². The molecule has 132 valence electrons. The highest BCUT2D eigenvalue weighted by molar-refractivity contribution is 5.85. The summed E-state index contributed by atoms with van der Waals surface area (Å²) in [6.07, 6.45) is 2.54. The van der Waals surface area contributed by atoms with Gasteiger partial charge in [0.2, 0.25) is 0 Å². The lowest BCUT2D eigenvalue weighted by Gasteiger charge is -2.31. The van der Waals surface area contributed by atoms with E-state index in [1.54, 1.807) is 0 Å². The maximum absolute atomic E-state index is 5.54. The molecule has 2 heterocycles. The van der Waals surface area contributed by atoms with E-state index in [-0.39, 0.29) is 12.4 Å². The first-order valence-corrected chi connectivity index (χ1v) is 8.70. The van der Waals surface area contributed by atoms with Crippen molar-refractivity contribution in [3.05, 3.63) is 41.7 Å². The topological polar surface area (TPSA) is 41.3 Å². The zero-order valence-corrected chi connectivity index (χ0v) is 15.4. The molecule has 0 bridgehead atoms. The number of aromatic nitrogens is 1. The molecular weight excluding hydrogens is 322 g/mol. The first-order valence-electron chi connectivity index (χ1n) is 8.70. The summed E-state index contributed by atoms with van der Waals surface area (Å²) in [5, 5.41) is 7.69. The Bertz CT molecular complexity index is 603. The number of halogens is 1. The Kier molecular flexibility index (Phi) is 7.28. The Morgan fingerprint density at radius 2 is 1.92 bits per heavy atom. The summed E-state index contributed by atoms with van der Waals surface area (Å²) in [6, 6.07) is 10.5. The van der Waals surface area contributed by atoms with Crippen molar-refractivity contribution in [3.8, 4) is 11.3 Å². The third kappa shape index (κ3) is 5.07. The third-order valence-electron chi connectivity index (χ3n) is 4.68. The molecular formula is C19H28ClN3O. The molecule has 1 N–H and O–H groups in total. The van der Waals surface area contributed by atoms with Gasteiger partial charge in [-0.15, -0.1) is 12.4 Å². The number of likely N-dealkylation sites (tertiary alicyclic amines) is 1. The lowest BCUT2D eigenvalue weighted by Crippen LogP contribution is -2.36. The van der Waals surface area contributed by atoms with E-state index in [4.69, 9.17) is 4.52 Å². The van der Waals surface area contributed by atoms with Crippen LogP contribution in [0.5, 0.6) is 0 Å². The monoisotopic (exact) mass is 349 g/mol. The summed E-state index contributed by atoms with van der Waals surface area (Å²) in [5.41, 5.74) is 3.31. The SMILES string of the molecule is CCNCC1CCN(Cc2cc(-c3ccc(C)cc3)no2)CC1.Cl. The number of nitrogens with zero attached hydrogens (tertiary/aromatic N) is 2. The molecule has 1 aliphatic rings. The van der Waals surface area contributed by atoms with Gasteiger partial charge in [-0.05, 0) is 51.9 Å². The Labute approximate surface area is 151 Å². The average Bonchev–Trinajstić information content (AvgIpc) is 3.03. The molecule has 0 unspecified atom stereocenters. The van der Waals surface area contributed by atoms with Crippen molar-refractivity contribution >= 4 is 12.4 Å². The summed E-state index contributed by atoms with van der Waals surface area (Å²) in [6.45, 7) is 9.66. The van der Waals surface area contributed by atoms with Gasteiger partial charge in [0.25, 0.3) is 0 Å². The van der Waals surface area contributed by atoms with Gasteiger partial charge in [-0.25, -0.2) is 0 Å². The molecule has 1 fully saturated rings. The molecule has 5 heteroatoms. The van der Waals surface area contributed by atoms with Crippen molar-refractivity contribution in [2.24, 2.45) is 5.92 Å². The van der Waals surface area contributed by atoms with Crippen molar-refractivity contribution in [1.29, 1.82) is 0 Å². The van der Waals surface area contributed by atoms with Crippen molar-refractivity contribution in [2.75, 3.05) is 26.2 Å². The number of hydrogen-bond donors (Lipinski definition) is 1. The molecule has 4 nitrogen and oxygen atoms in total. The average molecular weight is 350 g/mol. The Hall–Kier alpha value is -1.36. The van der Waals surface area contributed by atoms with E-state index in [9.17, 15) is 0 Å².